The first-order valence-corrected chi connectivity index (χ1v) is 8.71. The van der Waals surface area contributed by atoms with Crippen molar-refractivity contribution >= 4 is 29.3 Å². The van der Waals surface area contributed by atoms with E-state index in [-0.39, 0.29) is 30.2 Å². The van der Waals surface area contributed by atoms with E-state index >= 15 is 0 Å². The molecule has 0 unspecified atom stereocenters. The van der Waals surface area contributed by atoms with Gasteiger partial charge in [-0.15, -0.1) is 17.5 Å². The van der Waals surface area contributed by atoms with E-state index in [4.69, 9.17) is 4.42 Å². The summed E-state index contributed by atoms with van der Waals surface area (Å²) in [7, 11) is 0. The van der Waals surface area contributed by atoms with Crippen LogP contribution in [-0.4, -0.2) is 45.4 Å². The Labute approximate surface area is 161 Å². The van der Waals surface area contributed by atoms with Crippen molar-refractivity contribution < 1.29 is 13.6 Å². The zero-order valence-corrected chi connectivity index (χ0v) is 15.5. The molecule has 4 rings (SSSR count). The van der Waals surface area contributed by atoms with Crippen molar-refractivity contribution in [3.05, 3.63) is 48.2 Å². The molecule has 0 saturated carbocycles. The topological polar surface area (TPSA) is 76.2 Å². The van der Waals surface area contributed by atoms with Crippen molar-refractivity contribution in [1.29, 1.82) is 0 Å². The van der Waals surface area contributed by atoms with Gasteiger partial charge in [-0.05, 0) is 37.1 Å². The number of hydrogen-bond donors (Lipinski definition) is 1. The average molecular weight is 394 g/mol. The van der Waals surface area contributed by atoms with Crippen molar-refractivity contribution in [2.45, 2.75) is 25.4 Å². The third-order valence-electron chi connectivity index (χ3n) is 4.74. The summed E-state index contributed by atoms with van der Waals surface area (Å²) >= 11 is 0. The number of furan rings is 1. The Morgan fingerprint density at radius 2 is 2.11 bits per heavy atom. The lowest BCUT2D eigenvalue weighted by atomic mass is 10.0. The molecule has 0 aliphatic carbocycles. The van der Waals surface area contributed by atoms with Crippen LogP contribution in [0.1, 0.15) is 24.6 Å². The van der Waals surface area contributed by atoms with Gasteiger partial charge >= 0.3 is 0 Å². The highest BCUT2D eigenvalue weighted by atomic mass is 35.5. The molecule has 1 aliphatic heterocycles. The minimum atomic E-state index is -0.306. The fourth-order valence-electron chi connectivity index (χ4n) is 3.36. The molecule has 27 heavy (non-hydrogen) atoms. The smallest absolute Gasteiger partial charge is 0.234 e. The molecule has 0 atom stereocenters. The largest absolute Gasteiger partial charge is 0.467 e. The quantitative estimate of drug-likeness (QED) is 0.720. The molecule has 0 spiro atoms. The number of carbonyl (C=O) groups is 1. The Balaban J connectivity index is 0.00000210. The van der Waals surface area contributed by atoms with E-state index in [1.807, 2.05) is 10.7 Å². The highest BCUT2D eigenvalue weighted by Gasteiger charge is 2.24. The lowest BCUT2D eigenvalue weighted by Gasteiger charge is -2.31. The second-order valence-electron chi connectivity index (χ2n) is 6.53. The molecule has 3 aromatic rings. The Kier molecular flexibility index (Phi) is 6.08. The third-order valence-corrected chi connectivity index (χ3v) is 4.74. The number of carbonyl (C=O) groups excluding carboxylic acids is 1. The monoisotopic (exact) mass is 393 g/mol. The van der Waals surface area contributed by atoms with Crippen LogP contribution in [-0.2, 0) is 11.3 Å². The summed E-state index contributed by atoms with van der Waals surface area (Å²) in [4.78, 5) is 14.2. The van der Waals surface area contributed by atoms with Gasteiger partial charge in [0.1, 0.15) is 17.1 Å². The van der Waals surface area contributed by atoms with E-state index in [2.05, 4.69) is 20.5 Å². The van der Waals surface area contributed by atoms with Crippen LogP contribution >= 0.6 is 12.4 Å². The number of amides is 1. The maximum Gasteiger partial charge on any atom is 0.234 e. The number of rotatable bonds is 5. The zero-order valence-electron chi connectivity index (χ0n) is 14.7. The Morgan fingerprint density at radius 1 is 1.30 bits per heavy atom. The van der Waals surface area contributed by atoms with Crippen molar-refractivity contribution in [2.24, 2.45) is 0 Å². The highest BCUT2D eigenvalue weighted by Crippen LogP contribution is 2.25. The molecule has 0 radical (unpaired) electrons. The molecule has 7 nitrogen and oxygen atoms in total. The second kappa shape index (κ2) is 8.49. The molecule has 2 aromatic heterocycles. The highest BCUT2D eigenvalue weighted by molar-refractivity contribution is 5.85. The van der Waals surface area contributed by atoms with E-state index in [1.54, 1.807) is 18.4 Å². The Morgan fingerprint density at radius 3 is 2.85 bits per heavy atom. The van der Waals surface area contributed by atoms with Crippen LogP contribution in [0.25, 0.3) is 11.0 Å². The van der Waals surface area contributed by atoms with Crippen LogP contribution < -0.4 is 5.32 Å². The van der Waals surface area contributed by atoms with Crippen LogP contribution in [0.15, 0.2) is 41.0 Å². The van der Waals surface area contributed by atoms with Gasteiger partial charge in [0.05, 0.1) is 30.9 Å². The maximum absolute atomic E-state index is 13.3. The molecule has 1 N–H and O–H groups in total. The number of likely N-dealkylation sites (tertiary alicyclic amines) is 1. The van der Waals surface area contributed by atoms with E-state index in [0.29, 0.717) is 18.6 Å². The number of aromatic nitrogens is 3. The van der Waals surface area contributed by atoms with Crippen molar-refractivity contribution in [2.75, 3.05) is 19.6 Å². The number of piperidine rings is 1. The molecule has 9 heteroatoms. The SMILES string of the molecule is Cl.O=C(CN1CCC(n2nnc3cc(F)ccc32)CC1)NCc1ccco1. The Hall–Kier alpha value is -2.45. The van der Waals surface area contributed by atoms with Crippen LogP contribution in [0.5, 0.6) is 0 Å². The summed E-state index contributed by atoms with van der Waals surface area (Å²) in [6, 6.07) is 8.40. The molecule has 1 amide bonds. The van der Waals surface area contributed by atoms with Gasteiger partial charge < -0.3 is 9.73 Å². The standard InChI is InChI=1S/C18H20FN5O2.ClH/c19-13-3-4-17-16(10-13)21-22-24(17)14-5-7-23(8-6-14)12-18(25)20-11-15-2-1-9-26-15;/h1-4,9-10,14H,5-8,11-12H2,(H,20,25);1H. The maximum atomic E-state index is 13.3. The molecule has 1 aliphatic rings. The number of hydrogen-bond acceptors (Lipinski definition) is 5. The molecule has 144 valence electrons. The van der Waals surface area contributed by atoms with Gasteiger partial charge in [-0.3, -0.25) is 9.69 Å². The first-order chi connectivity index (χ1) is 12.7. The van der Waals surface area contributed by atoms with E-state index in [0.717, 1.165) is 37.2 Å². The minimum absolute atomic E-state index is 0. The summed E-state index contributed by atoms with van der Waals surface area (Å²) < 4.78 is 20.4. The van der Waals surface area contributed by atoms with E-state index < -0.39 is 0 Å². The lowest BCUT2D eigenvalue weighted by molar-refractivity contribution is -0.122. The van der Waals surface area contributed by atoms with E-state index in [1.165, 1.54) is 12.1 Å². The van der Waals surface area contributed by atoms with Crippen LogP contribution in [0.2, 0.25) is 0 Å². The molecule has 3 heterocycles. The molecular formula is C18H21ClFN5O2. The van der Waals surface area contributed by atoms with E-state index in [9.17, 15) is 9.18 Å². The second-order valence-corrected chi connectivity index (χ2v) is 6.53. The average Bonchev–Trinajstić information content (AvgIpc) is 3.30. The van der Waals surface area contributed by atoms with Gasteiger partial charge in [-0.1, -0.05) is 5.21 Å². The predicted octanol–water partition coefficient (Wildman–Crippen LogP) is 2.54. The van der Waals surface area contributed by atoms with Gasteiger partial charge in [0.25, 0.3) is 0 Å². The summed E-state index contributed by atoms with van der Waals surface area (Å²) in [6.07, 6.45) is 3.34. The van der Waals surface area contributed by atoms with Crippen LogP contribution in [0.4, 0.5) is 4.39 Å². The van der Waals surface area contributed by atoms with Crippen molar-refractivity contribution in [1.82, 2.24) is 25.2 Å². The van der Waals surface area contributed by atoms with Crippen LogP contribution in [0.3, 0.4) is 0 Å². The zero-order chi connectivity index (χ0) is 17.9. The lowest BCUT2D eigenvalue weighted by Crippen LogP contribution is -2.41. The minimum Gasteiger partial charge on any atom is -0.467 e. The van der Waals surface area contributed by atoms with Crippen molar-refractivity contribution in [3.63, 3.8) is 0 Å². The Bertz CT molecular complexity index is 890. The fourth-order valence-corrected chi connectivity index (χ4v) is 3.36. The van der Waals surface area contributed by atoms with Crippen LogP contribution in [0, 0.1) is 5.82 Å². The normalized spacial score (nSPS) is 15.6. The number of halogens is 2. The number of nitrogens with one attached hydrogen (secondary N) is 1. The number of fused-ring (bicyclic) bond motifs is 1. The number of nitrogens with zero attached hydrogens (tertiary/aromatic N) is 4. The summed E-state index contributed by atoms with van der Waals surface area (Å²) in [6.45, 7) is 2.39. The molecule has 1 aromatic carbocycles. The molecular weight excluding hydrogens is 373 g/mol. The summed E-state index contributed by atoms with van der Waals surface area (Å²) in [5.74, 6) is 0.424. The molecule has 1 saturated heterocycles. The van der Waals surface area contributed by atoms with Gasteiger partial charge in [0.15, 0.2) is 0 Å². The molecule has 0 bridgehead atoms. The van der Waals surface area contributed by atoms with Gasteiger partial charge in [-0.2, -0.15) is 0 Å². The summed E-state index contributed by atoms with van der Waals surface area (Å²) in [5.41, 5.74) is 1.42. The predicted molar refractivity (Wildman–Crippen MR) is 100.0 cm³/mol. The number of benzene rings is 1. The fraction of sp³-hybridized carbons (Fsp3) is 0.389. The molecule has 1 fully saturated rings. The van der Waals surface area contributed by atoms with Gasteiger partial charge in [0.2, 0.25) is 5.91 Å². The van der Waals surface area contributed by atoms with Gasteiger partial charge in [-0.25, -0.2) is 9.07 Å². The summed E-state index contributed by atoms with van der Waals surface area (Å²) in [5, 5.41) is 11.1. The third kappa shape index (κ3) is 4.45. The van der Waals surface area contributed by atoms with Crippen molar-refractivity contribution in [3.8, 4) is 0 Å². The first kappa shape index (κ1) is 19.3. The van der Waals surface area contributed by atoms with Gasteiger partial charge in [0, 0.05) is 19.2 Å². The first-order valence-electron chi connectivity index (χ1n) is 8.71.